The van der Waals surface area contributed by atoms with E-state index >= 15 is 0 Å². The van der Waals surface area contributed by atoms with Crippen molar-refractivity contribution >= 4 is 5.91 Å². The second-order valence-corrected chi connectivity index (χ2v) is 5.18. The van der Waals surface area contributed by atoms with E-state index in [9.17, 15) is 9.90 Å². The Morgan fingerprint density at radius 1 is 1.18 bits per heavy atom. The van der Waals surface area contributed by atoms with Crippen molar-refractivity contribution in [1.29, 1.82) is 0 Å². The van der Waals surface area contributed by atoms with Crippen molar-refractivity contribution in [3.05, 3.63) is 59.7 Å². The van der Waals surface area contributed by atoms with Gasteiger partial charge in [-0.3, -0.25) is 4.79 Å². The molecule has 0 fully saturated rings. The number of rotatable bonds is 7. The second kappa shape index (κ2) is 8.08. The predicted octanol–water partition coefficient (Wildman–Crippen LogP) is 2.83. The maximum atomic E-state index is 11.7. The van der Waals surface area contributed by atoms with E-state index in [-0.39, 0.29) is 18.3 Å². The number of carbonyl (C=O) groups excluding carboxylic acids is 1. The molecular formula is C18H21NO3. The van der Waals surface area contributed by atoms with Crippen LogP contribution >= 0.6 is 0 Å². The molecule has 0 spiro atoms. The summed E-state index contributed by atoms with van der Waals surface area (Å²) < 4.78 is 5.48. The van der Waals surface area contributed by atoms with E-state index in [1.54, 1.807) is 12.1 Å². The standard InChI is InChI=1S/C18H21NO3/c1-14-6-2-3-10-17(14)22-13-18(21)19-11-5-8-15-7-4-9-16(20)12-15/h2-4,6-7,9-10,12,20H,5,8,11,13H2,1H3,(H,19,21). The number of amides is 1. The number of phenolic OH excluding ortho intramolecular Hbond substituents is 1. The van der Waals surface area contributed by atoms with Crippen LogP contribution in [0.5, 0.6) is 11.5 Å². The quantitative estimate of drug-likeness (QED) is 0.773. The van der Waals surface area contributed by atoms with Crippen LogP contribution in [0.2, 0.25) is 0 Å². The number of benzene rings is 2. The summed E-state index contributed by atoms with van der Waals surface area (Å²) in [6, 6.07) is 14.8. The van der Waals surface area contributed by atoms with Crippen LogP contribution in [-0.2, 0) is 11.2 Å². The predicted molar refractivity (Wildman–Crippen MR) is 86.1 cm³/mol. The minimum atomic E-state index is -0.126. The molecule has 0 heterocycles. The second-order valence-electron chi connectivity index (χ2n) is 5.18. The zero-order valence-corrected chi connectivity index (χ0v) is 12.7. The van der Waals surface area contributed by atoms with Crippen LogP contribution in [0.1, 0.15) is 17.5 Å². The molecule has 0 aliphatic heterocycles. The van der Waals surface area contributed by atoms with Crippen LogP contribution in [0, 0.1) is 6.92 Å². The first-order chi connectivity index (χ1) is 10.6. The van der Waals surface area contributed by atoms with Gasteiger partial charge in [-0.05, 0) is 49.1 Å². The van der Waals surface area contributed by atoms with Gasteiger partial charge in [0.25, 0.3) is 5.91 Å². The average Bonchev–Trinajstić information content (AvgIpc) is 2.51. The first-order valence-electron chi connectivity index (χ1n) is 7.38. The molecule has 0 saturated heterocycles. The Morgan fingerprint density at radius 3 is 2.77 bits per heavy atom. The van der Waals surface area contributed by atoms with Gasteiger partial charge < -0.3 is 15.2 Å². The largest absolute Gasteiger partial charge is 0.508 e. The van der Waals surface area contributed by atoms with E-state index in [1.165, 1.54) is 0 Å². The lowest BCUT2D eigenvalue weighted by molar-refractivity contribution is -0.123. The number of nitrogens with one attached hydrogen (secondary N) is 1. The molecule has 4 nitrogen and oxygen atoms in total. The first kappa shape index (κ1) is 15.9. The van der Waals surface area contributed by atoms with Crippen molar-refractivity contribution in [3.8, 4) is 11.5 Å². The van der Waals surface area contributed by atoms with Crippen molar-refractivity contribution in [1.82, 2.24) is 5.32 Å². The highest BCUT2D eigenvalue weighted by Crippen LogP contribution is 2.15. The van der Waals surface area contributed by atoms with Crippen LogP contribution < -0.4 is 10.1 Å². The number of para-hydroxylation sites is 1. The van der Waals surface area contributed by atoms with Gasteiger partial charge in [-0.2, -0.15) is 0 Å². The molecule has 2 N–H and O–H groups in total. The van der Waals surface area contributed by atoms with Crippen LogP contribution in [0.15, 0.2) is 48.5 Å². The van der Waals surface area contributed by atoms with Gasteiger partial charge in [0.15, 0.2) is 6.61 Å². The molecule has 2 aromatic rings. The fourth-order valence-electron chi connectivity index (χ4n) is 2.14. The Bertz CT molecular complexity index is 625. The Balaban J connectivity index is 1.65. The molecule has 1 amide bonds. The zero-order chi connectivity index (χ0) is 15.8. The van der Waals surface area contributed by atoms with Gasteiger partial charge in [0, 0.05) is 6.54 Å². The molecule has 0 unspecified atom stereocenters. The third kappa shape index (κ3) is 5.13. The summed E-state index contributed by atoms with van der Waals surface area (Å²) >= 11 is 0. The lowest BCUT2D eigenvalue weighted by Gasteiger charge is -2.09. The van der Waals surface area contributed by atoms with E-state index in [0.29, 0.717) is 6.54 Å². The summed E-state index contributed by atoms with van der Waals surface area (Å²) in [5.41, 5.74) is 2.07. The van der Waals surface area contributed by atoms with Crippen molar-refractivity contribution in [2.75, 3.05) is 13.2 Å². The van der Waals surface area contributed by atoms with Gasteiger partial charge in [-0.25, -0.2) is 0 Å². The fourth-order valence-corrected chi connectivity index (χ4v) is 2.14. The van der Waals surface area contributed by atoms with Crippen LogP contribution in [0.4, 0.5) is 0 Å². The zero-order valence-electron chi connectivity index (χ0n) is 12.7. The molecule has 116 valence electrons. The number of carbonyl (C=O) groups is 1. The number of phenols is 1. The van der Waals surface area contributed by atoms with Crippen molar-refractivity contribution in [3.63, 3.8) is 0 Å². The van der Waals surface area contributed by atoms with Crippen LogP contribution in [0.3, 0.4) is 0 Å². The van der Waals surface area contributed by atoms with E-state index in [4.69, 9.17) is 4.74 Å². The maximum Gasteiger partial charge on any atom is 0.257 e. The Hall–Kier alpha value is -2.49. The molecule has 0 aromatic heterocycles. The fraction of sp³-hybridized carbons (Fsp3) is 0.278. The van der Waals surface area contributed by atoms with Gasteiger partial charge >= 0.3 is 0 Å². The average molecular weight is 299 g/mol. The minimum Gasteiger partial charge on any atom is -0.508 e. The molecule has 0 atom stereocenters. The highest BCUT2D eigenvalue weighted by atomic mass is 16.5. The third-order valence-corrected chi connectivity index (χ3v) is 3.33. The molecule has 2 aromatic carbocycles. The molecule has 0 aliphatic carbocycles. The van der Waals surface area contributed by atoms with E-state index in [1.807, 2.05) is 43.3 Å². The highest BCUT2D eigenvalue weighted by molar-refractivity contribution is 5.77. The molecule has 0 saturated carbocycles. The van der Waals surface area contributed by atoms with Gasteiger partial charge in [-0.15, -0.1) is 0 Å². The van der Waals surface area contributed by atoms with Gasteiger partial charge in [0.05, 0.1) is 0 Å². The number of hydrogen-bond acceptors (Lipinski definition) is 3. The summed E-state index contributed by atoms with van der Waals surface area (Å²) in [5, 5.41) is 12.2. The molecule has 0 radical (unpaired) electrons. The summed E-state index contributed by atoms with van der Waals surface area (Å²) in [5.74, 6) is 0.879. The monoisotopic (exact) mass is 299 g/mol. The Morgan fingerprint density at radius 2 is 2.00 bits per heavy atom. The molecule has 2 rings (SSSR count). The summed E-state index contributed by atoms with van der Waals surface area (Å²) in [7, 11) is 0. The molecule has 4 heteroatoms. The van der Waals surface area contributed by atoms with Crippen molar-refractivity contribution < 1.29 is 14.6 Å². The van der Waals surface area contributed by atoms with Gasteiger partial charge in [0.1, 0.15) is 11.5 Å². The number of aryl methyl sites for hydroxylation is 2. The minimum absolute atomic E-state index is 0.0248. The Labute approximate surface area is 130 Å². The van der Waals surface area contributed by atoms with E-state index in [2.05, 4.69) is 5.32 Å². The number of hydrogen-bond donors (Lipinski definition) is 2. The lowest BCUT2D eigenvalue weighted by atomic mass is 10.1. The summed E-state index contributed by atoms with van der Waals surface area (Å²) in [4.78, 5) is 11.7. The van der Waals surface area contributed by atoms with E-state index in [0.717, 1.165) is 29.7 Å². The van der Waals surface area contributed by atoms with Crippen molar-refractivity contribution in [2.45, 2.75) is 19.8 Å². The number of ether oxygens (including phenoxy) is 1. The molecule has 0 aliphatic rings. The Kier molecular flexibility index (Phi) is 5.83. The molecule has 22 heavy (non-hydrogen) atoms. The smallest absolute Gasteiger partial charge is 0.257 e. The van der Waals surface area contributed by atoms with Gasteiger partial charge in [-0.1, -0.05) is 30.3 Å². The molecule has 0 bridgehead atoms. The summed E-state index contributed by atoms with van der Waals surface area (Å²) in [6.45, 7) is 2.56. The highest BCUT2D eigenvalue weighted by Gasteiger charge is 2.04. The van der Waals surface area contributed by atoms with E-state index < -0.39 is 0 Å². The first-order valence-corrected chi connectivity index (χ1v) is 7.38. The number of aromatic hydroxyl groups is 1. The third-order valence-electron chi connectivity index (χ3n) is 3.33. The SMILES string of the molecule is Cc1ccccc1OCC(=O)NCCCc1cccc(O)c1. The van der Waals surface area contributed by atoms with Gasteiger partial charge in [0.2, 0.25) is 0 Å². The summed E-state index contributed by atoms with van der Waals surface area (Å²) in [6.07, 6.45) is 1.63. The topological polar surface area (TPSA) is 58.6 Å². The van der Waals surface area contributed by atoms with Crippen LogP contribution in [-0.4, -0.2) is 24.2 Å². The maximum absolute atomic E-state index is 11.7. The lowest BCUT2D eigenvalue weighted by Crippen LogP contribution is -2.30. The molecular weight excluding hydrogens is 278 g/mol. The van der Waals surface area contributed by atoms with Crippen molar-refractivity contribution in [2.24, 2.45) is 0 Å². The normalized spacial score (nSPS) is 10.2. The van der Waals surface area contributed by atoms with Crippen LogP contribution in [0.25, 0.3) is 0 Å².